The Hall–Kier alpha value is -5.57. The van der Waals surface area contributed by atoms with E-state index in [4.69, 9.17) is 19.7 Å². The lowest BCUT2D eigenvalue weighted by Crippen LogP contribution is -2.05. The van der Waals surface area contributed by atoms with Gasteiger partial charge in [0.1, 0.15) is 22.9 Å². The van der Waals surface area contributed by atoms with Crippen molar-refractivity contribution in [3.8, 4) is 45.1 Å². The molecular weight excluding hydrogens is 552 g/mol. The van der Waals surface area contributed by atoms with E-state index in [0.29, 0.717) is 24.5 Å². The third kappa shape index (κ3) is 5.24. The van der Waals surface area contributed by atoms with E-state index in [1.54, 1.807) is 23.8 Å². The molecular formula is C35H30N6O3. The highest BCUT2D eigenvalue weighted by Crippen LogP contribution is 2.40. The van der Waals surface area contributed by atoms with Gasteiger partial charge in [0, 0.05) is 18.1 Å². The maximum Gasteiger partial charge on any atom is 0.182 e. The number of ether oxygens (including phenoxy) is 2. The number of fused-ring (bicyclic) bond motifs is 3. The third-order valence-corrected chi connectivity index (χ3v) is 7.94. The summed E-state index contributed by atoms with van der Waals surface area (Å²) >= 11 is 0. The standard InChI is InChI=1S/C35H30N6O3/c1-22(42)34-35(39-41(38-34)21-24-6-12-30(44-3)13-7-24)26-9-15-32-28(17-26)18-27-16-25(8-14-31(27)32)33-19-36-40(37-33)20-23-4-10-29(43-2)11-5-23/h4-17,19H,18,20-21H2,1-3H3. The normalized spacial score (nSPS) is 11.7. The second-order valence-corrected chi connectivity index (χ2v) is 10.9. The molecule has 0 spiro atoms. The summed E-state index contributed by atoms with van der Waals surface area (Å²) in [5, 5.41) is 18.5. The van der Waals surface area contributed by atoms with Crippen LogP contribution in [0.15, 0.2) is 91.1 Å². The highest BCUT2D eigenvalue weighted by molar-refractivity contribution is 5.98. The van der Waals surface area contributed by atoms with Gasteiger partial charge in [-0.05, 0) is 76.2 Å². The molecule has 6 aromatic rings. The first-order chi connectivity index (χ1) is 21.5. The maximum absolute atomic E-state index is 12.6. The quantitative estimate of drug-likeness (QED) is 0.190. The van der Waals surface area contributed by atoms with Crippen molar-refractivity contribution in [1.82, 2.24) is 30.0 Å². The zero-order valence-electron chi connectivity index (χ0n) is 24.7. The molecule has 0 amide bonds. The molecule has 0 radical (unpaired) electrons. The summed E-state index contributed by atoms with van der Waals surface area (Å²) in [6.45, 7) is 2.56. The molecule has 0 atom stereocenters. The van der Waals surface area contributed by atoms with Gasteiger partial charge >= 0.3 is 0 Å². The minimum absolute atomic E-state index is 0.116. The van der Waals surface area contributed by atoms with Gasteiger partial charge in [0.25, 0.3) is 0 Å². The van der Waals surface area contributed by atoms with Crippen molar-refractivity contribution >= 4 is 5.78 Å². The lowest BCUT2D eigenvalue weighted by Gasteiger charge is -2.05. The summed E-state index contributed by atoms with van der Waals surface area (Å²) in [5.41, 5.74) is 10.6. The van der Waals surface area contributed by atoms with Gasteiger partial charge in [-0.1, -0.05) is 48.5 Å². The average Bonchev–Trinajstić information content (AvgIpc) is 3.78. The Morgan fingerprint density at radius 3 is 1.86 bits per heavy atom. The SMILES string of the molecule is COc1ccc(Cn2ncc(-c3ccc4c(c3)Cc3cc(-c5nn(Cc6ccc(OC)cc6)nc5C(C)=O)ccc3-4)n2)cc1. The van der Waals surface area contributed by atoms with Crippen molar-refractivity contribution in [2.75, 3.05) is 14.2 Å². The molecule has 7 rings (SSSR count). The van der Waals surface area contributed by atoms with Crippen LogP contribution in [0.5, 0.6) is 11.5 Å². The number of hydrogen-bond acceptors (Lipinski definition) is 7. The lowest BCUT2D eigenvalue weighted by atomic mass is 10.00. The zero-order valence-corrected chi connectivity index (χ0v) is 24.7. The first-order valence-electron chi connectivity index (χ1n) is 14.4. The Morgan fingerprint density at radius 1 is 0.705 bits per heavy atom. The molecule has 0 bridgehead atoms. The summed E-state index contributed by atoms with van der Waals surface area (Å²) in [6.07, 6.45) is 2.59. The van der Waals surface area contributed by atoms with Crippen LogP contribution in [-0.2, 0) is 19.5 Å². The van der Waals surface area contributed by atoms with E-state index >= 15 is 0 Å². The number of nitrogens with zero attached hydrogens (tertiary/aromatic N) is 6. The van der Waals surface area contributed by atoms with E-state index in [1.807, 2.05) is 60.8 Å². The van der Waals surface area contributed by atoms with Crippen molar-refractivity contribution in [1.29, 1.82) is 0 Å². The number of Topliss-reactive ketones (excluding diaryl/α,β-unsaturated/α-hetero) is 1. The molecule has 0 fully saturated rings. The minimum atomic E-state index is -0.116. The molecule has 9 nitrogen and oxygen atoms in total. The van der Waals surface area contributed by atoms with Crippen LogP contribution in [0.1, 0.15) is 39.7 Å². The number of rotatable bonds is 9. The van der Waals surface area contributed by atoms with Crippen LogP contribution in [-0.4, -0.2) is 50.0 Å². The number of benzene rings is 4. The Labute approximate surface area is 254 Å². The van der Waals surface area contributed by atoms with E-state index in [2.05, 4.69) is 40.5 Å². The molecule has 2 aromatic heterocycles. The predicted molar refractivity (Wildman–Crippen MR) is 167 cm³/mol. The van der Waals surface area contributed by atoms with E-state index in [1.165, 1.54) is 29.2 Å². The molecule has 44 heavy (non-hydrogen) atoms. The minimum Gasteiger partial charge on any atom is -0.497 e. The van der Waals surface area contributed by atoms with Crippen molar-refractivity contribution < 1.29 is 14.3 Å². The van der Waals surface area contributed by atoms with Gasteiger partial charge in [0.05, 0.1) is 33.5 Å². The molecule has 1 aliphatic carbocycles. The Morgan fingerprint density at radius 2 is 1.27 bits per heavy atom. The topological polar surface area (TPSA) is 97.0 Å². The zero-order chi connectivity index (χ0) is 30.2. The molecule has 218 valence electrons. The van der Waals surface area contributed by atoms with Gasteiger partial charge in [0.2, 0.25) is 0 Å². The molecule has 1 aliphatic rings. The molecule has 0 saturated heterocycles. The molecule has 0 N–H and O–H groups in total. The number of hydrogen-bond donors (Lipinski definition) is 0. The van der Waals surface area contributed by atoms with Gasteiger partial charge in [-0.3, -0.25) is 4.79 Å². The smallest absolute Gasteiger partial charge is 0.182 e. The number of carbonyl (C=O) groups is 1. The van der Waals surface area contributed by atoms with Gasteiger partial charge in [0.15, 0.2) is 11.5 Å². The lowest BCUT2D eigenvalue weighted by molar-refractivity contribution is 0.101. The molecule has 2 heterocycles. The van der Waals surface area contributed by atoms with Gasteiger partial charge in [-0.25, -0.2) is 0 Å². The molecule has 0 aliphatic heterocycles. The average molecular weight is 583 g/mol. The fraction of sp³-hybridized carbons (Fsp3) is 0.171. The number of ketones is 1. The largest absolute Gasteiger partial charge is 0.497 e. The van der Waals surface area contributed by atoms with E-state index in [0.717, 1.165) is 45.9 Å². The van der Waals surface area contributed by atoms with Crippen LogP contribution in [0.3, 0.4) is 0 Å². The first-order valence-corrected chi connectivity index (χ1v) is 14.4. The predicted octanol–water partition coefficient (Wildman–Crippen LogP) is 6.09. The van der Waals surface area contributed by atoms with Gasteiger partial charge in [-0.2, -0.15) is 24.9 Å². The van der Waals surface area contributed by atoms with Crippen LogP contribution >= 0.6 is 0 Å². The summed E-state index contributed by atoms with van der Waals surface area (Å²) in [7, 11) is 3.30. The third-order valence-electron chi connectivity index (χ3n) is 7.94. The molecule has 0 unspecified atom stereocenters. The summed E-state index contributed by atoms with van der Waals surface area (Å²) in [6, 6.07) is 28.4. The summed E-state index contributed by atoms with van der Waals surface area (Å²) < 4.78 is 10.5. The van der Waals surface area contributed by atoms with E-state index in [9.17, 15) is 4.79 Å². The highest BCUT2D eigenvalue weighted by Gasteiger charge is 2.23. The van der Waals surface area contributed by atoms with Crippen molar-refractivity contribution in [2.45, 2.75) is 26.4 Å². The van der Waals surface area contributed by atoms with Crippen LogP contribution in [0, 0.1) is 0 Å². The maximum atomic E-state index is 12.6. The van der Waals surface area contributed by atoms with Crippen LogP contribution < -0.4 is 9.47 Å². The Bertz CT molecular complexity index is 1990. The van der Waals surface area contributed by atoms with Crippen LogP contribution in [0.25, 0.3) is 33.6 Å². The van der Waals surface area contributed by atoms with E-state index < -0.39 is 0 Å². The molecule has 0 saturated carbocycles. The molecule has 9 heteroatoms. The summed E-state index contributed by atoms with van der Waals surface area (Å²) in [4.78, 5) is 15.8. The highest BCUT2D eigenvalue weighted by atomic mass is 16.5. The van der Waals surface area contributed by atoms with Gasteiger partial charge in [-0.15, -0.1) is 5.10 Å². The number of methoxy groups -OCH3 is 2. The van der Waals surface area contributed by atoms with Crippen molar-refractivity contribution in [3.63, 3.8) is 0 Å². The van der Waals surface area contributed by atoms with Gasteiger partial charge < -0.3 is 9.47 Å². The Balaban J connectivity index is 1.11. The fourth-order valence-corrected chi connectivity index (χ4v) is 5.66. The Kier molecular flexibility index (Phi) is 6.98. The second kappa shape index (κ2) is 11.3. The molecule has 4 aromatic carbocycles. The van der Waals surface area contributed by atoms with Crippen molar-refractivity contribution in [2.24, 2.45) is 0 Å². The fourth-order valence-electron chi connectivity index (χ4n) is 5.66. The van der Waals surface area contributed by atoms with Crippen molar-refractivity contribution in [3.05, 3.63) is 119 Å². The van der Waals surface area contributed by atoms with Crippen LogP contribution in [0.4, 0.5) is 0 Å². The number of carbonyl (C=O) groups excluding carboxylic acids is 1. The monoisotopic (exact) mass is 582 g/mol. The first kappa shape index (κ1) is 27.3. The summed E-state index contributed by atoms with van der Waals surface area (Å²) in [5.74, 6) is 1.49. The number of aromatic nitrogens is 6. The second-order valence-electron chi connectivity index (χ2n) is 10.9. The van der Waals surface area contributed by atoms with Crippen LogP contribution in [0.2, 0.25) is 0 Å². The van der Waals surface area contributed by atoms with E-state index in [-0.39, 0.29) is 5.78 Å².